The second kappa shape index (κ2) is 6.14. The summed E-state index contributed by atoms with van der Waals surface area (Å²) in [6.45, 7) is 13.1. The molecule has 1 saturated heterocycles. The van der Waals surface area contributed by atoms with Gasteiger partial charge < -0.3 is 15.2 Å². The van der Waals surface area contributed by atoms with E-state index in [1.165, 1.54) is 0 Å². The van der Waals surface area contributed by atoms with Crippen LogP contribution in [0.25, 0.3) is 0 Å². The lowest BCUT2D eigenvalue weighted by molar-refractivity contribution is -0.0924. The Morgan fingerprint density at radius 3 is 2.71 bits per heavy atom. The van der Waals surface area contributed by atoms with Gasteiger partial charge in [-0.25, -0.2) is 0 Å². The minimum Gasteiger partial charge on any atom is -0.394 e. The molecule has 1 atom stereocenters. The van der Waals surface area contributed by atoms with Crippen molar-refractivity contribution in [2.45, 2.75) is 45.3 Å². The molecule has 4 heteroatoms. The standard InChI is InChI=1S/C13H28N2O2/c1-5-6-14-13(4,11-16)10-15-7-8-17-12(2,3)9-15/h14,16H,5-11H2,1-4H3. The highest BCUT2D eigenvalue weighted by atomic mass is 16.5. The first-order chi connectivity index (χ1) is 7.91. The molecule has 0 amide bonds. The first-order valence-electron chi connectivity index (χ1n) is 6.63. The van der Waals surface area contributed by atoms with Crippen molar-refractivity contribution < 1.29 is 9.84 Å². The number of nitrogens with one attached hydrogen (secondary N) is 1. The van der Waals surface area contributed by atoms with Crippen LogP contribution in [0, 0.1) is 0 Å². The first-order valence-corrected chi connectivity index (χ1v) is 6.63. The third-order valence-electron chi connectivity index (χ3n) is 3.23. The molecule has 4 nitrogen and oxygen atoms in total. The molecule has 0 aromatic heterocycles. The Balaban J connectivity index is 2.49. The maximum Gasteiger partial charge on any atom is 0.0753 e. The Bertz CT molecular complexity index is 233. The molecule has 0 aliphatic carbocycles. The normalized spacial score (nSPS) is 24.5. The van der Waals surface area contributed by atoms with Gasteiger partial charge in [-0.15, -0.1) is 0 Å². The van der Waals surface area contributed by atoms with Gasteiger partial charge in [0.05, 0.1) is 24.4 Å². The molecule has 2 N–H and O–H groups in total. The Labute approximate surface area is 105 Å². The monoisotopic (exact) mass is 244 g/mol. The van der Waals surface area contributed by atoms with E-state index < -0.39 is 0 Å². The molecule has 1 unspecified atom stereocenters. The molecule has 1 aliphatic rings. The number of ether oxygens (including phenoxy) is 1. The van der Waals surface area contributed by atoms with Crippen molar-refractivity contribution in [1.82, 2.24) is 10.2 Å². The van der Waals surface area contributed by atoms with Crippen molar-refractivity contribution in [2.75, 3.05) is 39.4 Å². The second-order valence-electron chi connectivity index (χ2n) is 5.96. The predicted octanol–water partition coefficient (Wildman–Crippen LogP) is 0.848. The molecule has 0 spiro atoms. The van der Waals surface area contributed by atoms with E-state index in [0.29, 0.717) is 0 Å². The van der Waals surface area contributed by atoms with Crippen LogP contribution in [0.1, 0.15) is 34.1 Å². The van der Waals surface area contributed by atoms with Crippen LogP contribution in [0.2, 0.25) is 0 Å². The number of aliphatic hydroxyl groups excluding tert-OH is 1. The van der Waals surface area contributed by atoms with E-state index in [-0.39, 0.29) is 17.7 Å². The highest BCUT2D eigenvalue weighted by Crippen LogP contribution is 2.18. The van der Waals surface area contributed by atoms with Gasteiger partial charge >= 0.3 is 0 Å². The van der Waals surface area contributed by atoms with Crippen LogP contribution >= 0.6 is 0 Å². The highest BCUT2D eigenvalue weighted by molar-refractivity contribution is 4.89. The predicted molar refractivity (Wildman–Crippen MR) is 70.3 cm³/mol. The van der Waals surface area contributed by atoms with Gasteiger partial charge in [0.2, 0.25) is 0 Å². The lowest BCUT2D eigenvalue weighted by atomic mass is 10.00. The smallest absolute Gasteiger partial charge is 0.0753 e. The summed E-state index contributed by atoms with van der Waals surface area (Å²) in [5.74, 6) is 0. The number of rotatable bonds is 6. The molecule has 0 saturated carbocycles. The average Bonchev–Trinajstić information content (AvgIpc) is 2.25. The summed E-state index contributed by atoms with van der Waals surface area (Å²) in [5, 5.41) is 13.0. The molecule has 102 valence electrons. The van der Waals surface area contributed by atoms with E-state index in [1.807, 2.05) is 0 Å². The summed E-state index contributed by atoms with van der Waals surface area (Å²) in [5.41, 5.74) is -0.275. The molecule has 0 aromatic carbocycles. The zero-order valence-corrected chi connectivity index (χ0v) is 11.8. The summed E-state index contributed by atoms with van der Waals surface area (Å²) in [4.78, 5) is 2.38. The average molecular weight is 244 g/mol. The largest absolute Gasteiger partial charge is 0.394 e. The van der Waals surface area contributed by atoms with E-state index in [4.69, 9.17) is 4.74 Å². The number of aliphatic hydroxyl groups is 1. The van der Waals surface area contributed by atoms with Crippen molar-refractivity contribution in [3.05, 3.63) is 0 Å². The topological polar surface area (TPSA) is 44.7 Å². The van der Waals surface area contributed by atoms with E-state index in [2.05, 4.69) is 37.9 Å². The van der Waals surface area contributed by atoms with E-state index in [1.54, 1.807) is 0 Å². The fourth-order valence-corrected chi connectivity index (χ4v) is 2.33. The van der Waals surface area contributed by atoms with Crippen LogP contribution in [0.3, 0.4) is 0 Å². The van der Waals surface area contributed by atoms with Crippen LogP contribution < -0.4 is 5.32 Å². The fraction of sp³-hybridized carbons (Fsp3) is 1.00. The van der Waals surface area contributed by atoms with E-state index in [9.17, 15) is 5.11 Å². The van der Waals surface area contributed by atoms with Crippen LogP contribution in [0.5, 0.6) is 0 Å². The van der Waals surface area contributed by atoms with Gasteiger partial charge in [-0.1, -0.05) is 6.92 Å². The third-order valence-corrected chi connectivity index (χ3v) is 3.23. The summed E-state index contributed by atoms with van der Waals surface area (Å²) in [6.07, 6.45) is 1.09. The summed E-state index contributed by atoms with van der Waals surface area (Å²) >= 11 is 0. The van der Waals surface area contributed by atoms with Gasteiger partial charge in [-0.05, 0) is 33.7 Å². The number of morpholine rings is 1. The molecule has 1 fully saturated rings. The lowest BCUT2D eigenvalue weighted by Gasteiger charge is -2.42. The van der Waals surface area contributed by atoms with Crippen molar-refractivity contribution in [1.29, 1.82) is 0 Å². The fourth-order valence-electron chi connectivity index (χ4n) is 2.33. The highest BCUT2D eigenvalue weighted by Gasteiger charge is 2.32. The first kappa shape index (κ1) is 14.9. The molecule has 0 aromatic rings. The lowest BCUT2D eigenvalue weighted by Crippen LogP contribution is -2.58. The van der Waals surface area contributed by atoms with Crippen LogP contribution in [-0.2, 0) is 4.74 Å². The quantitative estimate of drug-likeness (QED) is 0.727. The van der Waals surface area contributed by atoms with E-state index >= 15 is 0 Å². The molecule has 1 heterocycles. The second-order valence-corrected chi connectivity index (χ2v) is 5.96. The molecule has 1 aliphatic heterocycles. The van der Waals surface area contributed by atoms with Crippen molar-refractivity contribution in [3.63, 3.8) is 0 Å². The van der Waals surface area contributed by atoms with Gasteiger partial charge in [0.15, 0.2) is 0 Å². The zero-order valence-electron chi connectivity index (χ0n) is 11.8. The summed E-state index contributed by atoms with van der Waals surface area (Å²) < 4.78 is 5.70. The molecule has 0 bridgehead atoms. The Kier molecular flexibility index (Phi) is 5.38. The summed E-state index contributed by atoms with van der Waals surface area (Å²) in [6, 6.07) is 0. The van der Waals surface area contributed by atoms with Crippen LogP contribution in [-0.4, -0.2) is 60.5 Å². The zero-order chi connectivity index (χ0) is 12.9. The van der Waals surface area contributed by atoms with Gasteiger partial charge in [0, 0.05) is 19.6 Å². The van der Waals surface area contributed by atoms with Gasteiger partial charge in [-0.2, -0.15) is 0 Å². The minimum atomic E-state index is -0.205. The molecule has 1 rings (SSSR count). The van der Waals surface area contributed by atoms with Crippen molar-refractivity contribution >= 4 is 0 Å². The molecular weight excluding hydrogens is 216 g/mol. The van der Waals surface area contributed by atoms with Gasteiger partial charge in [-0.3, -0.25) is 4.90 Å². The number of nitrogens with zero attached hydrogens (tertiary/aromatic N) is 1. The van der Waals surface area contributed by atoms with Gasteiger partial charge in [0.1, 0.15) is 0 Å². The van der Waals surface area contributed by atoms with Crippen molar-refractivity contribution in [3.8, 4) is 0 Å². The molecule has 0 radical (unpaired) electrons. The SMILES string of the molecule is CCCNC(C)(CO)CN1CCOC(C)(C)C1. The Morgan fingerprint density at radius 1 is 1.47 bits per heavy atom. The van der Waals surface area contributed by atoms with E-state index in [0.717, 1.165) is 39.2 Å². The maximum absolute atomic E-state index is 9.55. The summed E-state index contributed by atoms with van der Waals surface area (Å²) in [7, 11) is 0. The van der Waals surface area contributed by atoms with Crippen molar-refractivity contribution in [2.24, 2.45) is 0 Å². The van der Waals surface area contributed by atoms with Crippen LogP contribution in [0.4, 0.5) is 0 Å². The Hall–Kier alpha value is -0.160. The minimum absolute atomic E-state index is 0.0701. The van der Waals surface area contributed by atoms with Crippen LogP contribution in [0.15, 0.2) is 0 Å². The molecular formula is C13H28N2O2. The Morgan fingerprint density at radius 2 is 2.18 bits per heavy atom. The number of hydrogen-bond acceptors (Lipinski definition) is 4. The van der Waals surface area contributed by atoms with Gasteiger partial charge in [0.25, 0.3) is 0 Å². The third kappa shape index (κ3) is 4.92. The maximum atomic E-state index is 9.55. The number of hydrogen-bond donors (Lipinski definition) is 2. The molecule has 17 heavy (non-hydrogen) atoms.